The van der Waals surface area contributed by atoms with Gasteiger partial charge in [-0.1, -0.05) is 52.5 Å². The molecule has 9 atom stereocenters. The van der Waals surface area contributed by atoms with Crippen LogP contribution in [0.3, 0.4) is 0 Å². The number of aliphatic hydroxyl groups is 1. The number of hydrogen-bond acceptors (Lipinski definition) is 5. The molecule has 1 aliphatic heterocycles. The topological polar surface area (TPSA) is 66.9 Å². The fraction of sp³-hybridized carbons (Fsp3) is 0.760. The third-order valence-corrected chi connectivity index (χ3v) is 9.07. The molecule has 0 amide bonds. The number of carbonyl (C=O) groups is 2. The molecular weight excluding hydrogens is 453 g/mol. The Hall–Kier alpha value is -1.12. The highest BCUT2D eigenvalue weighted by molar-refractivity contribution is 8.13. The lowest BCUT2D eigenvalue weighted by molar-refractivity contribution is -0.187. The minimum Gasteiger partial charge on any atom is -0.390 e. The number of epoxide rings is 1. The molecule has 0 bridgehead atoms. The van der Waals surface area contributed by atoms with E-state index in [-0.39, 0.29) is 24.3 Å². The number of carbonyl (C=O) groups excluding carboxylic acids is 2. The van der Waals surface area contributed by atoms with Gasteiger partial charge in [-0.05, 0) is 49.3 Å². The third kappa shape index (κ3) is 3.12. The van der Waals surface area contributed by atoms with Crippen molar-refractivity contribution in [1.29, 1.82) is 0 Å². The summed E-state index contributed by atoms with van der Waals surface area (Å²) in [5.41, 5.74) is -5.89. The maximum atomic E-state index is 16.8. The van der Waals surface area contributed by atoms with Gasteiger partial charge in [0.15, 0.2) is 17.1 Å². The van der Waals surface area contributed by atoms with Crippen molar-refractivity contribution in [3.8, 4) is 0 Å². The van der Waals surface area contributed by atoms with Crippen LogP contribution in [-0.2, 0) is 14.3 Å². The number of ether oxygens (including phenoxy) is 1. The minimum atomic E-state index is -2.19. The molecule has 8 heteroatoms. The van der Waals surface area contributed by atoms with E-state index in [0.29, 0.717) is 18.2 Å². The van der Waals surface area contributed by atoms with Crippen LogP contribution < -0.4 is 0 Å². The molecule has 33 heavy (non-hydrogen) atoms. The summed E-state index contributed by atoms with van der Waals surface area (Å²) < 4.78 is 50.9. The van der Waals surface area contributed by atoms with Gasteiger partial charge in [-0.25, -0.2) is 13.2 Å². The van der Waals surface area contributed by atoms with Crippen LogP contribution in [-0.4, -0.2) is 51.2 Å². The number of aliphatic hydroxyl groups excluding tert-OH is 1. The molecular formula is C25H35F3O4S. The van der Waals surface area contributed by atoms with E-state index in [4.69, 9.17) is 4.74 Å². The summed E-state index contributed by atoms with van der Waals surface area (Å²) in [5, 5.41) is 10.6. The summed E-state index contributed by atoms with van der Waals surface area (Å²) in [6, 6.07) is -0.881. The van der Waals surface area contributed by atoms with Crippen LogP contribution in [0.2, 0.25) is 0 Å². The summed E-state index contributed by atoms with van der Waals surface area (Å²) in [4.78, 5) is 24.5. The summed E-state index contributed by atoms with van der Waals surface area (Å²) >= 11 is 0.533. The van der Waals surface area contributed by atoms with Crippen molar-refractivity contribution in [2.75, 3.05) is 6.01 Å². The van der Waals surface area contributed by atoms with Crippen LogP contribution in [0.5, 0.6) is 0 Å². The molecule has 1 saturated heterocycles. The van der Waals surface area contributed by atoms with Gasteiger partial charge in [-0.3, -0.25) is 9.59 Å². The fourth-order valence-electron chi connectivity index (χ4n) is 7.13. The molecule has 4 aliphatic carbocycles. The average Bonchev–Trinajstić information content (AvgIpc) is 3.41. The minimum absolute atomic E-state index is 0.0665. The van der Waals surface area contributed by atoms with E-state index in [9.17, 15) is 19.1 Å². The van der Waals surface area contributed by atoms with Crippen molar-refractivity contribution < 1.29 is 32.6 Å². The average molecular weight is 489 g/mol. The Morgan fingerprint density at radius 1 is 1.24 bits per heavy atom. The lowest BCUT2D eigenvalue weighted by Gasteiger charge is -2.59. The van der Waals surface area contributed by atoms with Crippen molar-refractivity contribution in [3.63, 3.8) is 0 Å². The second-order valence-corrected chi connectivity index (χ2v) is 10.2. The molecule has 0 aromatic heterocycles. The Labute approximate surface area is 198 Å². The third-order valence-electron chi connectivity index (χ3n) is 8.40. The molecule has 1 spiro atoms. The summed E-state index contributed by atoms with van der Waals surface area (Å²) in [5.74, 6) is -2.01. The quantitative estimate of drug-likeness (QED) is 0.535. The first-order valence-corrected chi connectivity index (χ1v) is 13.0. The molecule has 4 nitrogen and oxygen atoms in total. The van der Waals surface area contributed by atoms with Crippen molar-refractivity contribution in [1.82, 2.24) is 0 Å². The van der Waals surface area contributed by atoms with Crippen LogP contribution in [0.4, 0.5) is 13.2 Å². The zero-order valence-electron chi connectivity index (χ0n) is 20.2. The van der Waals surface area contributed by atoms with Crippen LogP contribution >= 0.6 is 11.8 Å². The Balaban J connectivity index is 0.000000728. The van der Waals surface area contributed by atoms with Crippen LogP contribution in [0.15, 0.2) is 23.8 Å². The molecule has 0 aromatic rings. The number of rotatable bonds is 2. The number of halogens is 3. The normalized spacial score (nSPS) is 48.5. The Bertz CT molecular complexity index is 878. The molecule has 0 radical (unpaired) electrons. The smallest absolute Gasteiger partial charge is 0.226 e. The number of thioether (sulfide) groups is 1. The van der Waals surface area contributed by atoms with E-state index >= 15 is 8.78 Å². The van der Waals surface area contributed by atoms with E-state index in [1.165, 1.54) is 19.1 Å². The van der Waals surface area contributed by atoms with Crippen molar-refractivity contribution in [3.05, 3.63) is 23.8 Å². The van der Waals surface area contributed by atoms with Gasteiger partial charge in [0, 0.05) is 17.8 Å². The van der Waals surface area contributed by atoms with E-state index in [1.54, 1.807) is 0 Å². The molecule has 5 rings (SSSR count). The van der Waals surface area contributed by atoms with E-state index < -0.39 is 63.3 Å². The van der Waals surface area contributed by atoms with Crippen molar-refractivity contribution in [2.45, 2.75) is 90.0 Å². The van der Waals surface area contributed by atoms with Gasteiger partial charge >= 0.3 is 0 Å². The summed E-state index contributed by atoms with van der Waals surface area (Å²) in [6.07, 6.45) is 0.904. The number of fused-ring (bicyclic) bond motifs is 4. The molecule has 4 unspecified atom stereocenters. The van der Waals surface area contributed by atoms with E-state index in [2.05, 4.69) is 0 Å². The van der Waals surface area contributed by atoms with Crippen LogP contribution in [0, 0.1) is 23.2 Å². The Morgan fingerprint density at radius 3 is 2.48 bits per heavy atom. The Morgan fingerprint density at radius 2 is 1.88 bits per heavy atom. The highest BCUT2D eigenvalue weighted by Crippen LogP contribution is 2.76. The van der Waals surface area contributed by atoms with Gasteiger partial charge in [0.2, 0.25) is 5.12 Å². The maximum absolute atomic E-state index is 16.8. The molecule has 1 N–H and O–H groups in total. The number of alkyl halides is 3. The van der Waals surface area contributed by atoms with Gasteiger partial charge in [0.1, 0.15) is 17.8 Å². The second kappa shape index (κ2) is 8.83. The summed E-state index contributed by atoms with van der Waals surface area (Å²) in [6.45, 7) is 11.4. The lowest BCUT2D eigenvalue weighted by atomic mass is 9.47. The van der Waals surface area contributed by atoms with Gasteiger partial charge in [0.05, 0.1) is 6.10 Å². The highest BCUT2D eigenvalue weighted by atomic mass is 32.2. The highest BCUT2D eigenvalue weighted by Gasteiger charge is 2.88. The molecule has 186 valence electrons. The van der Waals surface area contributed by atoms with Crippen LogP contribution in [0.1, 0.15) is 60.8 Å². The molecule has 3 saturated carbocycles. The second-order valence-electron chi connectivity index (χ2n) is 9.35. The summed E-state index contributed by atoms with van der Waals surface area (Å²) in [7, 11) is 0. The number of hydrogen-bond donors (Lipinski definition) is 1. The van der Waals surface area contributed by atoms with E-state index in [1.807, 2.05) is 34.6 Å². The molecule has 1 heterocycles. The predicted molar refractivity (Wildman–Crippen MR) is 123 cm³/mol. The SMILES string of the molecule is CC.CC.C[C@@H]1C[C@H]2C3C[C@H](F)C4=CC(=O)C=CC4(C)[C@@]3(F)C(O)CC23O[C@]13C(=O)SCF. The Kier molecular flexibility index (Phi) is 7.09. The van der Waals surface area contributed by atoms with E-state index in [0.717, 1.165) is 6.08 Å². The van der Waals surface area contributed by atoms with Gasteiger partial charge in [-0.2, -0.15) is 0 Å². The number of allylic oxidation sites excluding steroid dienone is 4. The number of ketones is 1. The maximum Gasteiger partial charge on any atom is 0.226 e. The first-order chi connectivity index (χ1) is 15.6. The van der Waals surface area contributed by atoms with Gasteiger partial charge in [-0.15, -0.1) is 0 Å². The zero-order valence-corrected chi connectivity index (χ0v) is 21.0. The first kappa shape index (κ1) is 26.5. The van der Waals surface area contributed by atoms with Gasteiger partial charge in [0.25, 0.3) is 0 Å². The molecule has 5 aliphatic rings. The van der Waals surface area contributed by atoms with Crippen LogP contribution in [0.25, 0.3) is 0 Å². The molecule has 4 fully saturated rings. The largest absolute Gasteiger partial charge is 0.390 e. The first-order valence-electron chi connectivity index (χ1n) is 12.0. The molecule has 0 aromatic carbocycles. The monoisotopic (exact) mass is 488 g/mol. The van der Waals surface area contributed by atoms with Gasteiger partial charge < -0.3 is 9.84 Å². The van der Waals surface area contributed by atoms with Crippen molar-refractivity contribution in [2.24, 2.45) is 23.2 Å². The standard InChI is InChI=1S/C21H23F3O4S.2C2H6/c1-10-5-12-13-7-15(23)14-6-11(25)3-4-18(14,2)20(13,24)16(26)8-19(12)21(10,28-19)17(27)29-9-22;2*1-2/h3-4,6,10,12-13,15-16,26H,5,7-9H2,1-2H3;2*1-2H3/t10-,12+,13?,15+,16?,18?,19?,20+,21+;;/m1../s1. The zero-order chi connectivity index (χ0) is 25.0. The fourth-order valence-corrected chi connectivity index (χ4v) is 7.86. The lowest BCUT2D eigenvalue weighted by Crippen LogP contribution is -2.68. The predicted octanol–water partition coefficient (Wildman–Crippen LogP) is 5.29. The van der Waals surface area contributed by atoms with Crippen molar-refractivity contribution >= 4 is 22.7 Å².